The van der Waals surface area contributed by atoms with Gasteiger partial charge in [-0.3, -0.25) is 15.0 Å². The highest BCUT2D eigenvalue weighted by Crippen LogP contribution is 2.43. The van der Waals surface area contributed by atoms with Crippen molar-refractivity contribution < 1.29 is 0 Å². The molecule has 6 heteroatoms. The first-order chi connectivity index (χ1) is 27.8. The Bertz CT molecular complexity index is 3210. The minimum Gasteiger partial charge on any atom is -0.256 e. The lowest BCUT2D eigenvalue weighted by molar-refractivity contribution is 1.07. The number of aromatic nitrogens is 6. The van der Waals surface area contributed by atoms with Crippen molar-refractivity contribution in [1.82, 2.24) is 29.9 Å². The average Bonchev–Trinajstić information content (AvgIpc) is 3.29. The van der Waals surface area contributed by atoms with Gasteiger partial charge in [0.1, 0.15) is 0 Å². The van der Waals surface area contributed by atoms with Gasteiger partial charge in [-0.05, 0) is 85.4 Å². The smallest absolute Gasteiger partial charge is 0.164 e. The molecule has 0 saturated carbocycles. The summed E-state index contributed by atoms with van der Waals surface area (Å²) >= 11 is 0. The lowest BCUT2D eigenvalue weighted by Crippen LogP contribution is -2.00. The fourth-order valence-corrected chi connectivity index (χ4v) is 8.10. The molecule has 260 valence electrons. The molecule has 6 nitrogen and oxygen atoms in total. The predicted molar refractivity (Wildman–Crippen MR) is 228 cm³/mol. The van der Waals surface area contributed by atoms with Gasteiger partial charge < -0.3 is 0 Å². The van der Waals surface area contributed by atoms with E-state index in [4.69, 9.17) is 29.9 Å². The zero-order valence-electron chi connectivity index (χ0n) is 30.0. The van der Waals surface area contributed by atoms with Crippen LogP contribution in [0.5, 0.6) is 0 Å². The van der Waals surface area contributed by atoms with Gasteiger partial charge >= 0.3 is 0 Å². The van der Waals surface area contributed by atoms with E-state index < -0.39 is 0 Å². The van der Waals surface area contributed by atoms with Crippen LogP contribution in [0.15, 0.2) is 182 Å². The average molecular weight is 715 g/mol. The van der Waals surface area contributed by atoms with Crippen LogP contribution in [0.4, 0.5) is 0 Å². The molecule has 0 N–H and O–H groups in total. The molecule has 3 heterocycles. The molecule has 0 amide bonds. The van der Waals surface area contributed by atoms with Crippen molar-refractivity contribution in [2.45, 2.75) is 0 Å². The van der Waals surface area contributed by atoms with Crippen molar-refractivity contribution in [3.8, 4) is 56.4 Å². The summed E-state index contributed by atoms with van der Waals surface area (Å²) in [7, 11) is 0. The molecule has 0 unspecified atom stereocenters. The molecule has 0 spiro atoms. The highest BCUT2D eigenvalue weighted by molar-refractivity contribution is 6.28. The predicted octanol–water partition coefficient (Wildman–Crippen LogP) is 12.2. The van der Waals surface area contributed by atoms with Crippen LogP contribution >= 0.6 is 0 Å². The van der Waals surface area contributed by atoms with E-state index in [1.807, 2.05) is 72.9 Å². The van der Waals surface area contributed by atoms with Gasteiger partial charge in [0.25, 0.3) is 0 Å². The number of hydrogen-bond donors (Lipinski definition) is 0. The van der Waals surface area contributed by atoms with Crippen molar-refractivity contribution in [2.75, 3.05) is 0 Å². The minimum absolute atomic E-state index is 0.578. The largest absolute Gasteiger partial charge is 0.256 e. The fraction of sp³-hybridized carbons (Fsp3) is 0. The first kappa shape index (κ1) is 31.8. The van der Waals surface area contributed by atoms with Crippen molar-refractivity contribution in [2.24, 2.45) is 0 Å². The van der Waals surface area contributed by atoms with Crippen LogP contribution in [0.25, 0.3) is 111 Å². The summed E-state index contributed by atoms with van der Waals surface area (Å²) in [4.78, 5) is 29.7. The lowest BCUT2D eigenvalue weighted by atomic mass is 9.88. The van der Waals surface area contributed by atoms with E-state index in [0.717, 1.165) is 60.9 Å². The van der Waals surface area contributed by atoms with Crippen molar-refractivity contribution in [1.29, 1.82) is 0 Å². The maximum Gasteiger partial charge on any atom is 0.164 e. The molecule has 0 aliphatic heterocycles. The summed E-state index contributed by atoms with van der Waals surface area (Å²) in [6.45, 7) is 0. The molecule has 0 aliphatic rings. The Hall–Kier alpha value is -7.70. The van der Waals surface area contributed by atoms with Crippen molar-refractivity contribution >= 4 is 54.3 Å². The Balaban J connectivity index is 1.25. The number of hydrogen-bond acceptors (Lipinski definition) is 6. The number of pyridine rings is 1. The molecule has 0 bridgehead atoms. The summed E-state index contributed by atoms with van der Waals surface area (Å²) in [6, 6.07) is 57.0. The summed E-state index contributed by atoms with van der Waals surface area (Å²) in [5.41, 5.74) is 9.24. The molecular formula is C50H30N6. The van der Waals surface area contributed by atoms with Crippen LogP contribution in [0, 0.1) is 0 Å². The number of rotatable bonds is 5. The third-order valence-corrected chi connectivity index (χ3v) is 10.6. The molecule has 56 heavy (non-hydrogen) atoms. The van der Waals surface area contributed by atoms with Crippen LogP contribution in [0.1, 0.15) is 0 Å². The molecule has 0 fully saturated rings. The van der Waals surface area contributed by atoms with Gasteiger partial charge in [0.15, 0.2) is 17.5 Å². The Kier molecular flexibility index (Phi) is 7.38. The Morgan fingerprint density at radius 3 is 1.43 bits per heavy atom. The van der Waals surface area contributed by atoms with E-state index in [0.29, 0.717) is 17.5 Å². The van der Waals surface area contributed by atoms with E-state index in [-0.39, 0.29) is 0 Å². The highest BCUT2D eigenvalue weighted by Gasteiger charge is 2.19. The van der Waals surface area contributed by atoms with Crippen molar-refractivity contribution in [3.63, 3.8) is 0 Å². The zero-order valence-corrected chi connectivity index (χ0v) is 30.0. The van der Waals surface area contributed by atoms with Crippen LogP contribution in [0.3, 0.4) is 0 Å². The second kappa shape index (κ2) is 13.0. The number of nitrogens with zero attached hydrogens (tertiary/aromatic N) is 6. The molecule has 3 aromatic heterocycles. The van der Waals surface area contributed by atoms with E-state index in [2.05, 4.69) is 97.1 Å². The first-order valence-corrected chi connectivity index (χ1v) is 18.6. The second-order valence-electron chi connectivity index (χ2n) is 13.9. The zero-order chi connectivity index (χ0) is 37.0. The normalized spacial score (nSPS) is 11.6. The van der Waals surface area contributed by atoms with E-state index in [1.54, 1.807) is 12.4 Å². The second-order valence-corrected chi connectivity index (χ2v) is 13.9. The van der Waals surface area contributed by atoms with Gasteiger partial charge in [0.2, 0.25) is 0 Å². The summed E-state index contributed by atoms with van der Waals surface area (Å²) in [5.74, 6) is 1.79. The SMILES string of the molecule is c1ccc(-c2nc(-c3ccccc3)nc(-c3cc(-c4cc5nccnc5c5cccnc45)cc(-c4cccc5c6ccccc6c6ccccc6c45)c3)n2)cc1. The van der Waals surface area contributed by atoms with Crippen LogP contribution < -0.4 is 0 Å². The third kappa shape index (κ3) is 5.27. The van der Waals surface area contributed by atoms with Gasteiger partial charge in [-0.2, -0.15) is 0 Å². The van der Waals surface area contributed by atoms with Gasteiger partial charge in [0.05, 0.1) is 16.6 Å². The van der Waals surface area contributed by atoms with Gasteiger partial charge in [-0.25, -0.2) is 15.0 Å². The first-order valence-electron chi connectivity index (χ1n) is 18.6. The summed E-state index contributed by atoms with van der Waals surface area (Å²) < 4.78 is 0. The quantitative estimate of drug-likeness (QED) is 0.165. The standard InChI is InChI=1S/C50H30N6/c1-3-13-31(14-4-1)48-54-49(32-15-5-2-6-16-32)56-50(55-48)35-28-33(27-34(29-35)43-30-44-47(53-26-25-51-44)42-23-12-24-52-46(42)43)36-21-11-22-41-39-18-8-7-17-37(39)38-19-9-10-20-40(38)45(36)41/h1-30H. The van der Waals surface area contributed by atoms with Crippen LogP contribution in [-0.4, -0.2) is 29.9 Å². The van der Waals surface area contributed by atoms with Gasteiger partial charge in [-0.1, -0.05) is 127 Å². The van der Waals surface area contributed by atoms with Crippen LogP contribution in [-0.2, 0) is 0 Å². The molecule has 11 rings (SSSR count). The maximum absolute atomic E-state index is 5.17. The summed E-state index contributed by atoms with van der Waals surface area (Å²) in [6.07, 6.45) is 5.31. The topological polar surface area (TPSA) is 77.3 Å². The van der Waals surface area contributed by atoms with E-state index in [9.17, 15) is 0 Å². The van der Waals surface area contributed by atoms with Gasteiger partial charge in [0, 0.05) is 46.2 Å². The Morgan fingerprint density at radius 2 is 0.768 bits per heavy atom. The minimum atomic E-state index is 0.578. The van der Waals surface area contributed by atoms with Crippen molar-refractivity contribution in [3.05, 3.63) is 182 Å². The third-order valence-electron chi connectivity index (χ3n) is 10.6. The summed E-state index contributed by atoms with van der Waals surface area (Å²) in [5, 5.41) is 8.23. The Labute approximate surface area is 321 Å². The molecular weight excluding hydrogens is 685 g/mol. The fourth-order valence-electron chi connectivity index (χ4n) is 8.10. The van der Waals surface area contributed by atoms with Gasteiger partial charge in [-0.15, -0.1) is 0 Å². The Morgan fingerprint density at radius 1 is 0.286 bits per heavy atom. The molecule has 8 aromatic carbocycles. The molecule has 0 aliphatic carbocycles. The molecule has 11 aromatic rings. The molecule has 0 radical (unpaired) electrons. The highest BCUT2D eigenvalue weighted by atomic mass is 15.0. The van der Waals surface area contributed by atoms with E-state index in [1.165, 1.54) is 32.3 Å². The lowest BCUT2D eigenvalue weighted by Gasteiger charge is -2.17. The monoisotopic (exact) mass is 714 g/mol. The molecule has 0 atom stereocenters. The number of fused-ring (bicyclic) bond motifs is 9. The number of benzene rings is 8. The van der Waals surface area contributed by atoms with E-state index >= 15 is 0 Å². The molecule has 0 saturated heterocycles. The maximum atomic E-state index is 5.17. The van der Waals surface area contributed by atoms with Crippen LogP contribution in [0.2, 0.25) is 0 Å².